The number of aromatic nitrogens is 3. The molecular weight excluding hydrogens is 316 g/mol. The summed E-state index contributed by atoms with van der Waals surface area (Å²) in [5.41, 5.74) is 3.85. The average Bonchev–Trinajstić information content (AvgIpc) is 3.17. The normalized spacial score (nSPS) is 18.0. The molecule has 1 amide bonds. The highest BCUT2D eigenvalue weighted by molar-refractivity contribution is 6.08. The largest absolute Gasteiger partial charge is 0.367 e. The number of fused-ring (bicyclic) bond motifs is 1. The van der Waals surface area contributed by atoms with Gasteiger partial charge in [0.05, 0.1) is 18.7 Å². The van der Waals surface area contributed by atoms with Crippen molar-refractivity contribution in [1.29, 1.82) is 0 Å². The molecule has 0 spiro atoms. The van der Waals surface area contributed by atoms with Gasteiger partial charge in [-0.05, 0) is 19.9 Å². The van der Waals surface area contributed by atoms with Crippen LogP contribution in [0.3, 0.4) is 0 Å². The molecule has 1 aliphatic heterocycles. The highest BCUT2D eigenvalue weighted by Gasteiger charge is 2.30. The molecular formula is C19H22N4O2. The summed E-state index contributed by atoms with van der Waals surface area (Å²) in [6, 6.07) is 8.04. The minimum absolute atomic E-state index is 0.0610. The molecule has 0 bridgehead atoms. The van der Waals surface area contributed by atoms with Gasteiger partial charge in [-0.3, -0.25) is 4.79 Å². The predicted octanol–water partition coefficient (Wildman–Crippen LogP) is 2.73. The molecule has 1 fully saturated rings. The van der Waals surface area contributed by atoms with E-state index in [0.717, 1.165) is 33.7 Å². The van der Waals surface area contributed by atoms with Crippen molar-refractivity contribution in [3.8, 4) is 0 Å². The minimum Gasteiger partial charge on any atom is -0.367 e. The zero-order chi connectivity index (χ0) is 17.6. The van der Waals surface area contributed by atoms with E-state index in [9.17, 15) is 4.79 Å². The van der Waals surface area contributed by atoms with Crippen LogP contribution in [0.15, 0.2) is 30.5 Å². The van der Waals surface area contributed by atoms with E-state index < -0.39 is 0 Å². The number of H-pyrrole nitrogens is 1. The van der Waals surface area contributed by atoms with Crippen LogP contribution in [0.4, 0.5) is 0 Å². The predicted molar refractivity (Wildman–Crippen MR) is 95.6 cm³/mol. The molecule has 25 heavy (non-hydrogen) atoms. The van der Waals surface area contributed by atoms with E-state index in [0.29, 0.717) is 19.7 Å². The number of nitrogens with zero attached hydrogens (tertiary/aromatic N) is 3. The molecule has 1 aromatic carbocycles. The van der Waals surface area contributed by atoms with E-state index >= 15 is 0 Å². The lowest BCUT2D eigenvalue weighted by Gasteiger charge is -2.32. The zero-order valence-corrected chi connectivity index (χ0v) is 14.7. The van der Waals surface area contributed by atoms with Crippen LogP contribution in [0, 0.1) is 13.8 Å². The SMILES string of the molecule is Cc1cnc([C@@H]2CN(C(=O)c3c(C)n(C)c4ccccc34)CCO2)[nH]1. The van der Waals surface area contributed by atoms with Gasteiger partial charge in [-0.25, -0.2) is 4.98 Å². The van der Waals surface area contributed by atoms with Gasteiger partial charge in [-0.1, -0.05) is 18.2 Å². The van der Waals surface area contributed by atoms with Crippen molar-refractivity contribution in [3.05, 3.63) is 53.2 Å². The monoisotopic (exact) mass is 338 g/mol. The molecule has 0 unspecified atom stereocenters. The third-order valence-corrected chi connectivity index (χ3v) is 4.99. The molecule has 0 aliphatic carbocycles. The molecule has 0 saturated carbocycles. The average molecular weight is 338 g/mol. The summed E-state index contributed by atoms with van der Waals surface area (Å²) in [4.78, 5) is 22.7. The number of hydrogen-bond donors (Lipinski definition) is 1. The van der Waals surface area contributed by atoms with Crippen molar-refractivity contribution in [1.82, 2.24) is 19.4 Å². The second-order valence-electron chi connectivity index (χ2n) is 6.60. The van der Waals surface area contributed by atoms with Gasteiger partial charge >= 0.3 is 0 Å². The molecule has 6 nitrogen and oxygen atoms in total. The first kappa shape index (κ1) is 15.9. The van der Waals surface area contributed by atoms with Gasteiger partial charge < -0.3 is 19.2 Å². The third kappa shape index (κ3) is 2.62. The van der Waals surface area contributed by atoms with Crippen molar-refractivity contribution in [2.75, 3.05) is 19.7 Å². The number of carbonyl (C=O) groups is 1. The van der Waals surface area contributed by atoms with Crippen LogP contribution in [0.1, 0.15) is 33.7 Å². The van der Waals surface area contributed by atoms with Gasteiger partial charge in [0.2, 0.25) is 0 Å². The maximum absolute atomic E-state index is 13.3. The Morgan fingerprint density at radius 2 is 2.12 bits per heavy atom. The molecule has 3 heterocycles. The molecule has 3 aromatic rings. The Hall–Kier alpha value is -2.60. The number of para-hydroxylation sites is 1. The molecule has 1 N–H and O–H groups in total. The van der Waals surface area contributed by atoms with Crippen LogP contribution >= 0.6 is 0 Å². The number of hydrogen-bond acceptors (Lipinski definition) is 3. The van der Waals surface area contributed by atoms with Gasteiger partial charge in [0.1, 0.15) is 11.9 Å². The Labute approximate surface area is 146 Å². The molecule has 2 aromatic heterocycles. The fourth-order valence-corrected chi connectivity index (χ4v) is 3.54. The van der Waals surface area contributed by atoms with Crippen molar-refractivity contribution < 1.29 is 9.53 Å². The summed E-state index contributed by atoms with van der Waals surface area (Å²) < 4.78 is 7.90. The standard InChI is InChI=1S/C19H22N4O2/c1-12-10-20-18(21-12)16-11-23(8-9-25-16)19(24)17-13(2)22(3)15-7-5-4-6-14(15)17/h4-7,10,16H,8-9,11H2,1-3H3,(H,20,21)/t16-/m0/s1. The Morgan fingerprint density at radius 3 is 2.88 bits per heavy atom. The van der Waals surface area contributed by atoms with Crippen LogP contribution in [0.25, 0.3) is 10.9 Å². The maximum Gasteiger partial charge on any atom is 0.256 e. The zero-order valence-electron chi connectivity index (χ0n) is 14.7. The number of carbonyl (C=O) groups excluding carboxylic acids is 1. The first-order valence-electron chi connectivity index (χ1n) is 8.52. The Morgan fingerprint density at radius 1 is 1.32 bits per heavy atom. The van der Waals surface area contributed by atoms with Gasteiger partial charge in [0.25, 0.3) is 5.91 Å². The second-order valence-corrected chi connectivity index (χ2v) is 6.60. The fraction of sp³-hybridized carbons (Fsp3) is 0.368. The van der Waals surface area contributed by atoms with Crippen LogP contribution in [0.2, 0.25) is 0 Å². The second kappa shape index (κ2) is 6.04. The number of rotatable bonds is 2. The van der Waals surface area contributed by atoms with E-state index in [1.807, 2.05) is 50.1 Å². The van der Waals surface area contributed by atoms with E-state index in [4.69, 9.17) is 4.74 Å². The van der Waals surface area contributed by atoms with Crippen molar-refractivity contribution in [2.45, 2.75) is 20.0 Å². The third-order valence-electron chi connectivity index (χ3n) is 4.99. The van der Waals surface area contributed by atoms with Crippen LogP contribution < -0.4 is 0 Å². The molecule has 6 heteroatoms. The van der Waals surface area contributed by atoms with E-state index in [1.165, 1.54) is 0 Å². The number of aryl methyl sites for hydroxylation is 2. The molecule has 1 atom stereocenters. The van der Waals surface area contributed by atoms with Gasteiger partial charge in [0.15, 0.2) is 0 Å². The lowest BCUT2D eigenvalue weighted by Crippen LogP contribution is -2.42. The summed E-state index contributed by atoms with van der Waals surface area (Å²) >= 11 is 0. The van der Waals surface area contributed by atoms with Crippen LogP contribution in [-0.2, 0) is 11.8 Å². The fourth-order valence-electron chi connectivity index (χ4n) is 3.54. The molecule has 130 valence electrons. The molecule has 4 rings (SSSR count). The summed E-state index contributed by atoms with van der Waals surface area (Å²) in [6.45, 7) is 5.58. The first-order valence-corrected chi connectivity index (χ1v) is 8.52. The topological polar surface area (TPSA) is 63.1 Å². The van der Waals surface area contributed by atoms with Crippen molar-refractivity contribution >= 4 is 16.8 Å². The summed E-state index contributed by atoms with van der Waals surface area (Å²) in [5, 5.41) is 1.00. The van der Waals surface area contributed by atoms with E-state index in [1.54, 1.807) is 6.20 Å². The highest BCUT2D eigenvalue weighted by Crippen LogP contribution is 2.28. The number of aromatic amines is 1. The van der Waals surface area contributed by atoms with Gasteiger partial charge in [-0.15, -0.1) is 0 Å². The summed E-state index contributed by atoms with van der Waals surface area (Å²) in [7, 11) is 2.00. The van der Waals surface area contributed by atoms with Crippen molar-refractivity contribution in [2.24, 2.45) is 7.05 Å². The number of imidazole rings is 1. The Kier molecular flexibility index (Phi) is 3.84. The lowest BCUT2D eigenvalue weighted by atomic mass is 10.1. The van der Waals surface area contributed by atoms with E-state index in [2.05, 4.69) is 14.5 Å². The molecule has 1 aliphatic rings. The summed E-state index contributed by atoms with van der Waals surface area (Å²) in [6.07, 6.45) is 1.58. The number of ether oxygens (including phenoxy) is 1. The molecule has 1 saturated heterocycles. The van der Waals surface area contributed by atoms with Gasteiger partial charge in [0, 0.05) is 42.1 Å². The smallest absolute Gasteiger partial charge is 0.256 e. The Balaban J connectivity index is 1.66. The number of nitrogens with one attached hydrogen (secondary N) is 1. The van der Waals surface area contributed by atoms with Crippen molar-refractivity contribution in [3.63, 3.8) is 0 Å². The quantitative estimate of drug-likeness (QED) is 0.781. The number of morpholine rings is 1. The number of benzene rings is 1. The Bertz CT molecular complexity index is 940. The summed E-state index contributed by atoms with van der Waals surface area (Å²) in [5.74, 6) is 0.843. The van der Waals surface area contributed by atoms with Gasteiger partial charge in [-0.2, -0.15) is 0 Å². The van der Waals surface area contributed by atoms with Crippen LogP contribution in [-0.4, -0.2) is 45.0 Å². The lowest BCUT2D eigenvalue weighted by molar-refractivity contribution is -0.0264. The first-order chi connectivity index (χ1) is 12.1. The highest BCUT2D eigenvalue weighted by atomic mass is 16.5. The van der Waals surface area contributed by atoms with Crippen LogP contribution in [0.5, 0.6) is 0 Å². The molecule has 0 radical (unpaired) electrons. The minimum atomic E-state index is -0.207. The van der Waals surface area contributed by atoms with E-state index in [-0.39, 0.29) is 12.0 Å². The maximum atomic E-state index is 13.3. The number of amides is 1.